The Morgan fingerprint density at radius 1 is 1.21 bits per heavy atom. The van der Waals surface area contributed by atoms with Crippen molar-refractivity contribution in [1.82, 2.24) is 0 Å². The van der Waals surface area contributed by atoms with Crippen LogP contribution in [-0.4, -0.2) is 6.85 Å². The maximum Gasteiger partial charge on any atom is 0.281 e. The SMILES string of the molecule is C1=Cc2ccccc2NB1C1CCC1. The Morgan fingerprint density at radius 3 is 2.86 bits per heavy atom. The highest BCUT2D eigenvalue weighted by atomic mass is 14.8. The molecule has 1 nitrogen and oxygen atoms in total. The third kappa shape index (κ3) is 1.26. The quantitative estimate of drug-likeness (QED) is 0.659. The topological polar surface area (TPSA) is 12.0 Å². The van der Waals surface area contributed by atoms with Gasteiger partial charge in [-0.05, 0) is 17.4 Å². The molecule has 0 aromatic heterocycles. The molecule has 0 amide bonds. The molecule has 70 valence electrons. The van der Waals surface area contributed by atoms with Gasteiger partial charge in [0.2, 0.25) is 0 Å². The maximum absolute atomic E-state index is 3.61. The van der Waals surface area contributed by atoms with E-state index in [1.54, 1.807) is 0 Å². The molecule has 1 aliphatic heterocycles. The minimum atomic E-state index is 0.582. The first-order valence-corrected chi connectivity index (χ1v) is 5.47. The molecule has 1 aliphatic carbocycles. The minimum absolute atomic E-state index is 0.582. The van der Waals surface area contributed by atoms with Crippen LogP contribution in [0.5, 0.6) is 0 Å². The van der Waals surface area contributed by atoms with Gasteiger partial charge in [0.05, 0.1) is 0 Å². The van der Waals surface area contributed by atoms with Crippen molar-refractivity contribution < 1.29 is 0 Å². The number of anilines is 1. The van der Waals surface area contributed by atoms with Crippen molar-refractivity contribution in [2.45, 2.75) is 25.1 Å². The molecule has 1 aromatic rings. The molecule has 1 N–H and O–H groups in total. The Balaban J connectivity index is 1.85. The first kappa shape index (κ1) is 8.16. The average molecular weight is 183 g/mol. The van der Waals surface area contributed by atoms with Crippen molar-refractivity contribution in [1.29, 1.82) is 0 Å². The van der Waals surface area contributed by atoms with Gasteiger partial charge in [0.1, 0.15) is 0 Å². The molecule has 0 unspecified atom stereocenters. The van der Waals surface area contributed by atoms with Gasteiger partial charge in [-0.1, -0.05) is 49.5 Å². The molecule has 0 spiro atoms. The molecule has 1 aromatic carbocycles. The predicted octanol–water partition coefficient (Wildman–Crippen LogP) is 3.21. The minimum Gasteiger partial charge on any atom is -0.424 e. The van der Waals surface area contributed by atoms with Crippen molar-refractivity contribution in [2.24, 2.45) is 0 Å². The van der Waals surface area contributed by atoms with Crippen molar-refractivity contribution in [2.75, 3.05) is 5.23 Å². The number of benzene rings is 1. The van der Waals surface area contributed by atoms with Gasteiger partial charge < -0.3 is 5.23 Å². The molecule has 1 saturated carbocycles. The van der Waals surface area contributed by atoms with E-state index in [1.165, 1.54) is 30.5 Å². The van der Waals surface area contributed by atoms with E-state index >= 15 is 0 Å². The second-order valence-corrected chi connectivity index (χ2v) is 4.31. The number of fused-ring (bicyclic) bond motifs is 1. The highest BCUT2D eigenvalue weighted by Crippen LogP contribution is 2.37. The largest absolute Gasteiger partial charge is 0.424 e. The molecule has 14 heavy (non-hydrogen) atoms. The maximum atomic E-state index is 3.61. The molecule has 0 radical (unpaired) electrons. The summed E-state index contributed by atoms with van der Waals surface area (Å²) >= 11 is 0. The Kier molecular flexibility index (Phi) is 1.86. The van der Waals surface area contributed by atoms with Gasteiger partial charge >= 0.3 is 0 Å². The number of para-hydroxylation sites is 1. The zero-order valence-corrected chi connectivity index (χ0v) is 8.24. The summed E-state index contributed by atoms with van der Waals surface area (Å²) in [6.07, 6.45) is 6.46. The van der Waals surface area contributed by atoms with E-state index in [9.17, 15) is 0 Å². The average Bonchev–Trinajstić information content (AvgIpc) is 2.15. The Labute approximate surface area is 85.3 Å². The van der Waals surface area contributed by atoms with Crippen LogP contribution in [-0.2, 0) is 0 Å². The van der Waals surface area contributed by atoms with E-state index in [0.29, 0.717) is 6.85 Å². The van der Waals surface area contributed by atoms with Crippen LogP contribution in [0.2, 0.25) is 5.82 Å². The summed E-state index contributed by atoms with van der Waals surface area (Å²) in [4.78, 5) is 0. The van der Waals surface area contributed by atoms with Crippen LogP contribution in [0.25, 0.3) is 6.08 Å². The molecule has 1 fully saturated rings. The van der Waals surface area contributed by atoms with E-state index in [4.69, 9.17) is 0 Å². The first-order chi connectivity index (χ1) is 6.93. The van der Waals surface area contributed by atoms with Crippen molar-refractivity contribution >= 4 is 18.6 Å². The zero-order valence-electron chi connectivity index (χ0n) is 8.24. The Bertz CT molecular complexity index is 368. The van der Waals surface area contributed by atoms with Gasteiger partial charge in [-0.15, -0.1) is 0 Å². The van der Waals surface area contributed by atoms with Gasteiger partial charge in [0, 0.05) is 5.69 Å². The number of hydrogen-bond acceptors (Lipinski definition) is 1. The van der Waals surface area contributed by atoms with Gasteiger partial charge in [0.25, 0.3) is 6.85 Å². The van der Waals surface area contributed by atoms with Gasteiger partial charge in [-0.2, -0.15) is 0 Å². The van der Waals surface area contributed by atoms with E-state index in [1.807, 2.05) is 0 Å². The summed E-state index contributed by atoms with van der Waals surface area (Å²) in [7, 11) is 0. The third-order valence-corrected chi connectivity index (χ3v) is 3.42. The summed E-state index contributed by atoms with van der Waals surface area (Å²) in [6, 6.07) is 8.53. The molecule has 0 saturated heterocycles. The summed E-state index contributed by atoms with van der Waals surface area (Å²) in [5.74, 6) is 3.20. The summed E-state index contributed by atoms with van der Waals surface area (Å²) in [5.41, 5.74) is 2.62. The van der Waals surface area contributed by atoms with E-state index in [-0.39, 0.29) is 0 Å². The van der Waals surface area contributed by atoms with Gasteiger partial charge in [0.15, 0.2) is 0 Å². The Morgan fingerprint density at radius 2 is 2.07 bits per heavy atom. The highest BCUT2D eigenvalue weighted by Gasteiger charge is 2.30. The van der Waals surface area contributed by atoms with Crippen molar-refractivity contribution in [3.05, 3.63) is 35.8 Å². The number of hydrogen-bond donors (Lipinski definition) is 1. The Hall–Kier alpha value is -1.18. The standard InChI is InChI=1S/C12H14BN/c1-2-7-12-10(4-1)8-9-13(14-12)11-5-3-6-11/h1-2,4,7-9,11,14H,3,5-6H2. The lowest BCUT2D eigenvalue weighted by Crippen LogP contribution is -2.34. The second kappa shape index (κ2) is 3.20. The smallest absolute Gasteiger partial charge is 0.281 e. The molecule has 2 aliphatic rings. The molecule has 3 rings (SSSR count). The second-order valence-electron chi connectivity index (χ2n) is 4.31. The van der Waals surface area contributed by atoms with E-state index in [2.05, 4.69) is 41.5 Å². The molecular weight excluding hydrogens is 169 g/mol. The normalized spacial score (nSPS) is 19.9. The van der Waals surface area contributed by atoms with Crippen LogP contribution in [0, 0.1) is 0 Å². The summed E-state index contributed by atoms with van der Waals surface area (Å²) < 4.78 is 0. The first-order valence-electron chi connectivity index (χ1n) is 5.47. The van der Waals surface area contributed by atoms with Gasteiger partial charge in [-0.3, -0.25) is 0 Å². The van der Waals surface area contributed by atoms with Crippen molar-refractivity contribution in [3.63, 3.8) is 0 Å². The number of nitrogens with one attached hydrogen (secondary N) is 1. The van der Waals surface area contributed by atoms with E-state index < -0.39 is 0 Å². The molecular formula is C12H14BN. The third-order valence-electron chi connectivity index (χ3n) is 3.42. The van der Waals surface area contributed by atoms with Crippen LogP contribution in [0.15, 0.2) is 30.2 Å². The van der Waals surface area contributed by atoms with Gasteiger partial charge in [-0.25, -0.2) is 0 Å². The van der Waals surface area contributed by atoms with Crippen molar-refractivity contribution in [3.8, 4) is 0 Å². The zero-order chi connectivity index (χ0) is 9.38. The lowest BCUT2D eigenvalue weighted by atomic mass is 9.44. The number of rotatable bonds is 1. The predicted molar refractivity (Wildman–Crippen MR) is 62.5 cm³/mol. The fraction of sp³-hybridized carbons (Fsp3) is 0.333. The molecule has 1 heterocycles. The van der Waals surface area contributed by atoms with Crippen LogP contribution >= 0.6 is 0 Å². The monoisotopic (exact) mass is 183 g/mol. The van der Waals surface area contributed by atoms with Crippen LogP contribution in [0.3, 0.4) is 0 Å². The fourth-order valence-electron chi connectivity index (χ4n) is 2.28. The van der Waals surface area contributed by atoms with Crippen LogP contribution < -0.4 is 5.23 Å². The molecule has 0 bridgehead atoms. The highest BCUT2D eigenvalue weighted by molar-refractivity contribution is 6.70. The summed E-state index contributed by atoms with van der Waals surface area (Å²) in [5, 5.41) is 3.61. The molecule has 0 atom stereocenters. The van der Waals surface area contributed by atoms with Crippen LogP contribution in [0.4, 0.5) is 5.69 Å². The fourth-order valence-corrected chi connectivity index (χ4v) is 2.28. The summed E-state index contributed by atoms with van der Waals surface area (Å²) in [6.45, 7) is 0.582. The molecule has 2 heteroatoms. The lowest BCUT2D eigenvalue weighted by Gasteiger charge is -2.32. The lowest BCUT2D eigenvalue weighted by molar-refractivity contribution is 0.495. The van der Waals surface area contributed by atoms with Crippen LogP contribution in [0.1, 0.15) is 24.8 Å². The van der Waals surface area contributed by atoms with E-state index in [0.717, 1.165) is 5.82 Å².